The zero-order valence-electron chi connectivity index (χ0n) is 11.1. The van der Waals surface area contributed by atoms with Crippen molar-refractivity contribution in [3.8, 4) is 0 Å². The lowest BCUT2D eigenvalue weighted by Gasteiger charge is -2.02. The summed E-state index contributed by atoms with van der Waals surface area (Å²) in [5.41, 5.74) is 15.7. The minimum atomic E-state index is -1.03. The van der Waals surface area contributed by atoms with Gasteiger partial charge in [0, 0.05) is 11.9 Å². The molecule has 0 radical (unpaired) electrons. The Morgan fingerprint density at radius 2 is 2.00 bits per heavy atom. The number of aromatic nitrogens is 1. The van der Waals surface area contributed by atoms with Crippen LogP contribution in [0.3, 0.4) is 0 Å². The summed E-state index contributed by atoms with van der Waals surface area (Å²) >= 11 is 0. The van der Waals surface area contributed by atoms with E-state index in [1.54, 1.807) is 18.3 Å². The summed E-state index contributed by atoms with van der Waals surface area (Å²) in [6.07, 6.45) is 3.61. The number of hydrogen-bond acceptors (Lipinski definition) is 3. The molecule has 1 heterocycles. The maximum absolute atomic E-state index is 11.6. The highest BCUT2D eigenvalue weighted by Crippen LogP contribution is 2.12. The Morgan fingerprint density at radius 3 is 2.47 bits per heavy atom. The third-order valence-corrected chi connectivity index (χ3v) is 3.37. The second kappa shape index (κ2) is 11.1. The normalized spacial score (nSPS) is 9.74. The van der Waals surface area contributed by atoms with Crippen LogP contribution >= 0.6 is 0 Å². The van der Waals surface area contributed by atoms with Crippen molar-refractivity contribution in [3.05, 3.63) is 54.4 Å². The number of anilines is 1. The van der Waals surface area contributed by atoms with Crippen LogP contribution < -0.4 is 5.73 Å². The van der Waals surface area contributed by atoms with Crippen LogP contribution in [0.5, 0.6) is 0 Å². The summed E-state index contributed by atoms with van der Waals surface area (Å²) in [6.45, 7) is 8.53. The molecule has 0 bridgehead atoms. The van der Waals surface area contributed by atoms with Crippen molar-refractivity contribution in [1.82, 2.24) is 4.98 Å². The number of unbranched alkanes of at least 4 members (excludes halogenated alkanes) is 1. The lowest BCUT2D eigenvalue weighted by Crippen LogP contribution is -2.03. The van der Waals surface area contributed by atoms with E-state index in [-0.39, 0.29) is 0 Å². The fraction of sp³-hybridized carbons (Fsp3) is 0.267. The molecule has 100 valence electrons. The molecule has 0 fully saturated rings. The highest BCUT2D eigenvalue weighted by atomic mass is 32.2. The van der Waals surface area contributed by atoms with Crippen LogP contribution in [0.2, 0.25) is 0 Å². The first-order valence-electron chi connectivity index (χ1n) is 5.80. The molecule has 0 aromatic carbocycles. The Bertz CT molecular complexity index is 537. The lowest BCUT2D eigenvalue weighted by atomic mass is 10.4. The second-order valence-corrected chi connectivity index (χ2v) is 4.89. The Kier molecular flexibility index (Phi) is 9.88. The van der Waals surface area contributed by atoms with E-state index in [1.165, 1.54) is 0 Å². The van der Waals surface area contributed by atoms with Crippen LogP contribution in [0, 0.1) is 0 Å². The number of nitrogen functional groups attached to an aromatic ring is 1. The van der Waals surface area contributed by atoms with Gasteiger partial charge < -0.3 is 5.73 Å². The predicted octanol–water partition coefficient (Wildman–Crippen LogP) is 2.99. The lowest BCUT2D eigenvalue weighted by molar-refractivity contribution is 0.677. The zero-order chi connectivity index (χ0) is 14.5. The molecule has 4 heteroatoms. The van der Waals surface area contributed by atoms with E-state index in [2.05, 4.69) is 48.0 Å². The summed E-state index contributed by atoms with van der Waals surface area (Å²) in [5.74, 6) is 0.651. The number of nitrogens with zero attached hydrogens (tertiary/aromatic N) is 1. The SMILES string of the molecule is C=C=C=C=C=C.CCCCS(=O)c1ncccc1N. The van der Waals surface area contributed by atoms with Gasteiger partial charge in [-0.2, -0.15) is 0 Å². The molecule has 2 N–H and O–H groups in total. The van der Waals surface area contributed by atoms with Gasteiger partial charge in [-0.1, -0.05) is 24.8 Å². The first-order chi connectivity index (χ1) is 9.17. The maximum Gasteiger partial charge on any atom is 0.150 e. The number of rotatable bonds is 4. The van der Waals surface area contributed by atoms with E-state index in [4.69, 9.17) is 5.73 Å². The van der Waals surface area contributed by atoms with Crippen LogP contribution in [0.25, 0.3) is 0 Å². The van der Waals surface area contributed by atoms with Gasteiger partial charge in [-0.3, -0.25) is 4.21 Å². The molecule has 1 atom stereocenters. The Hall–Kier alpha value is -2.04. The summed E-state index contributed by atoms with van der Waals surface area (Å²) < 4.78 is 11.6. The molecule has 3 nitrogen and oxygen atoms in total. The van der Waals surface area contributed by atoms with Gasteiger partial charge in [-0.25, -0.2) is 4.98 Å². The van der Waals surface area contributed by atoms with Gasteiger partial charge in [0.05, 0.1) is 16.5 Å². The minimum Gasteiger partial charge on any atom is -0.396 e. The number of nitrogens with two attached hydrogens (primary N) is 1. The first-order valence-corrected chi connectivity index (χ1v) is 7.12. The van der Waals surface area contributed by atoms with Gasteiger partial charge in [0.1, 0.15) is 5.03 Å². The molecule has 0 aliphatic heterocycles. The molecular formula is C15H18N2OS. The van der Waals surface area contributed by atoms with E-state index in [1.807, 2.05) is 0 Å². The van der Waals surface area contributed by atoms with Crippen LogP contribution in [-0.4, -0.2) is 14.9 Å². The van der Waals surface area contributed by atoms with Gasteiger partial charge in [0.25, 0.3) is 0 Å². The van der Waals surface area contributed by atoms with Crippen LogP contribution in [0.1, 0.15) is 19.8 Å². The summed E-state index contributed by atoms with van der Waals surface area (Å²) in [5, 5.41) is 0.524. The largest absolute Gasteiger partial charge is 0.396 e. The highest BCUT2D eigenvalue weighted by molar-refractivity contribution is 7.85. The van der Waals surface area contributed by atoms with E-state index >= 15 is 0 Å². The van der Waals surface area contributed by atoms with Crippen molar-refractivity contribution in [1.29, 1.82) is 0 Å². The van der Waals surface area contributed by atoms with Gasteiger partial charge >= 0.3 is 0 Å². The molecule has 0 saturated carbocycles. The number of hydrogen-bond donors (Lipinski definition) is 1. The average molecular weight is 274 g/mol. The van der Waals surface area contributed by atoms with E-state index < -0.39 is 10.8 Å². The third kappa shape index (κ3) is 7.81. The van der Waals surface area contributed by atoms with Crippen LogP contribution in [0.4, 0.5) is 5.69 Å². The monoisotopic (exact) mass is 274 g/mol. The minimum absolute atomic E-state index is 0.524. The van der Waals surface area contributed by atoms with E-state index in [0.29, 0.717) is 16.5 Å². The molecule has 1 aromatic heterocycles. The van der Waals surface area contributed by atoms with Crippen molar-refractivity contribution >= 4 is 16.5 Å². The second-order valence-electron chi connectivity index (χ2n) is 3.40. The molecule has 0 aliphatic carbocycles. The topological polar surface area (TPSA) is 56.0 Å². The van der Waals surface area contributed by atoms with Crippen LogP contribution in [0.15, 0.2) is 59.4 Å². The highest BCUT2D eigenvalue weighted by Gasteiger charge is 2.07. The van der Waals surface area contributed by atoms with Gasteiger partial charge in [-0.05, 0) is 43.2 Å². The van der Waals surface area contributed by atoms with E-state index in [0.717, 1.165) is 12.8 Å². The maximum atomic E-state index is 11.6. The molecular weight excluding hydrogens is 256 g/mol. The van der Waals surface area contributed by atoms with Gasteiger partial charge in [0.2, 0.25) is 0 Å². The van der Waals surface area contributed by atoms with Gasteiger partial charge in [0.15, 0.2) is 0 Å². The van der Waals surface area contributed by atoms with Crippen molar-refractivity contribution in [3.63, 3.8) is 0 Å². The quantitative estimate of drug-likeness (QED) is 0.859. The summed E-state index contributed by atoms with van der Waals surface area (Å²) in [6, 6.07) is 3.47. The molecule has 0 spiro atoms. The van der Waals surface area contributed by atoms with Crippen molar-refractivity contribution in [2.45, 2.75) is 24.8 Å². The summed E-state index contributed by atoms with van der Waals surface area (Å²) in [7, 11) is -1.03. The molecule has 0 saturated heterocycles. The average Bonchev–Trinajstić information content (AvgIpc) is 2.43. The van der Waals surface area contributed by atoms with Crippen molar-refractivity contribution in [2.24, 2.45) is 0 Å². The van der Waals surface area contributed by atoms with Crippen molar-refractivity contribution < 1.29 is 4.21 Å². The molecule has 1 rings (SSSR count). The third-order valence-electron chi connectivity index (χ3n) is 1.94. The van der Waals surface area contributed by atoms with Crippen molar-refractivity contribution in [2.75, 3.05) is 11.5 Å². The standard InChI is InChI=1S/C9H14N2OS.C6H4/c1-2-3-7-13(12)9-8(10)5-4-6-11-9;1-3-5-6-4-2/h4-6H,2-3,7,10H2,1H3;1-2H2. The number of pyridine rings is 1. The Labute approximate surface area is 117 Å². The Morgan fingerprint density at radius 1 is 1.37 bits per heavy atom. The zero-order valence-corrected chi connectivity index (χ0v) is 11.9. The Balaban J connectivity index is 0.000000459. The van der Waals surface area contributed by atoms with E-state index in [9.17, 15) is 4.21 Å². The smallest absolute Gasteiger partial charge is 0.150 e. The predicted molar refractivity (Wildman–Crippen MR) is 80.1 cm³/mol. The molecule has 0 amide bonds. The first kappa shape index (κ1) is 17.0. The molecule has 1 unspecified atom stereocenters. The molecule has 0 aliphatic rings. The molecule has 19 heavy (non-hydrogen) atoms. The fourth-order valence-corrected chi connectivity index (χ4v) is 2.31. The fourth-order valence-electron chi connectivity index (χ4n) is 1.05. The molecule has 1 aromatic rings. The summed E-state index contributed by atoms with van der Waals surface area (Å²) in [4.78, 5) is 4.01. The van der Waals surface area contributed by atoms with Gasteiger partial charge in [-0.15, -0.1) is 0 Å². The van der Waals surface area contributed by atoms with Crippen LogP contribution in [-0.2, 0) is 10.8 Å².